The number of rotatable bonds is 7. The van der Waals surface area contributed by atoms with E-state index in [0.717, 1.165) is 22.3 Å². The number of nitrogens with zero attached hydrogens (tertiary/aromatic N) is 2. The highest BCUT2D eigenvalue weighted by atomic mass is 35.5. The fourth-order valence-corrected chi connectivity index (χ4v) is 3.68. The van der Waals surface area contributed by atoms with Crippen molar-refractivity contribution < 1.29 is 9.53 Å². The van der Waals surface area contributed by atoms with Crippen molar-refractivity contribution in [1.29, 1.82) is 0 Å². The van der Waals surface area contributed by atoms with Gasteiger partial charge in [-0.05, 0) is 75.3 Å². The molecule has 0 saturated carbocycles. The Balaban J connectivity index is 1.75. The zero-order valence-corrected chi connectivity index (χ0v) is 21.1. The molecule has 0 spiro atoms. The number of hydrogen-bond acceptors (Lipinski definition) is 4. The predicted octanol–water partition coefficient (Wildman–Crippen LogP) is 5.34. The SMILES string of the molecule is CN(C)C(COC(=O)NC(C)(C)C)c1ccc(-c2ccc(=O)n(Cc3ccc(Cl)cc3)c2)cc1. The smallest absolute Gasteiger partial charge is 0.407 e. The Hall–Kier alpha value is -3.09. The molecule has 0 aliphatic carbocycles. The minimum absolute atomic E-state index is 0.0614. The lowest BCUT2D eigenvalue weighted by Crippen LogP contribution is -2.41. The van der Waals surface area contributed by atoms with Gasteiger partial charge >= 0.3 is 6.09 Å². The number of halogens is 1. The van der Waals surface area contributed by atoms with Gasteiger partial charge in [0, 0.05) is 22.8 Å². The average Bonchev–Trinajstić information content (AvgIpc) is 2.76. The van der Waals surface area contributed by atoms with Crippen LogP contribution in [0.15, 0.2) is 71.7 Å². The molecule has 0 radical (unpaired) electrons. The van der Waals surface area contributed by atoms with Gasteiger partial charge in [-0.3, -0.25) is 9.69 Å². The molecule has 1 aromatic heterocycles. The van der Waals surface area contributed by atoms with Gasteiger partial charge in [-0.2, -0.15) is 0 Å². The third-order valence-electron chi connectivity index (χ3n) is 5.35. The van der Waals surface area contributed by atoms with Gasteiger partial charge in [0.1, 0.15) is 6.61 Å². The highest BCUT2D eigenvalue weighted by molar-refractivity contribution is 6.30. The van der Waals surface area contributed by atoms with Crippen LogP contribution in [-0.2, 0) is 11.3 Å². The lowest BCUT2D eigenvalue weighted by molar-refractivity contribution is 0.104. The molecule has 1 amide bonds. The number of pyridine rings is 1. The second-order valence-electron chi connectivity index (χ2n) is 9.59. The fourth-order valence-electron chi connectivity index (χ4n) is 3.55. The summed E-state index contributed by atoms with van der Waals surface area (Å²) in [6.45, 7) is 6.44. The highest BCUT2D eigenvalue weighted by Gasteiger charge is 2.19. The number of likely N-dealkylation sites (N-methyl/N-ethyl adjacent to an activating group) is 1. The molecule has 1 atom stereocenters. The molecule has 0 aliphatic rings. The molecule has 0 bridgehead atoms. The Morgan fingerprint density at radius 3 is 2.21 bits per heavy atom. The van der Waals surface area contributed by atoms with Crippen molar-refractivity contribution >= 4 is 17.7 Å². The first-order valence-electron chi connectivity index (χ1n) is 11.2. The van der Waals surface area contributed by atoms with Gasteiger partial charge in [0.15, 0.2) is 0 Å². The Morgan fingerprint density at radius 2 is 1.62 bits per heavy atom. The summed E-state index contributed by atoms with van der Waals surface area (Å²) in [4.78, 5) is 26.5. The zero-order chi connectivity index (χ0) is 24.9. The van der Waals surface area contributed by atoms with Crippen molar-refractivity contribution in [2.75, 3.05) is 20.7 Å². The molecular weight excluding hydrogens is 450 g/mol. The number of alkyl carbamates (subject to hydrolysis) is 1. The van der Waals surface area contributed by atoms with E-state index in [-0.39, 0.29) is 23.7 Å². The first kappa shape index (κ1) is 25.5. The lowest BCUT2D eigenvalue weighted by Gasteiger charge is -2.26. The van der Waals surface area contributed by atoms with Gasteiger partial charge in [0.25, 0.3) is 5.56 Å². The van der Waals surface area contributed by atoms with Crippen LogP contribution >= 0.6 is 11.6 Å². The second kappa shape index (κ2) is 10.9. The third-order valence-corrected chi connectivity index (χ3v) is 5.60. The maximum absolute atomic E-state index is 12.4. The molecule has 7 heteroatoms. The van der Waals surface area contributed by atoms with Crippen molar-refractivity contribution in [3.8, 4) is 11.1 Å². The number of benzene rings is 2. The molecule has 34 heavy (non-hydrogen) atoms. The standard InChI is InChI=1S/C27H32ClN3O3/c1-27(2,3)29-26(33)34-18-24(30(4)5)21-10-8-20(9-11-21)22-12-15-25(32)31(17-22)16-19-6-13-23(28)14-7-19/h6-15,17,24H,16,18H2,1-5H3,(H,29,33). The number of nitrogens with one attached hydrogen (secondary N) is 1. The Labute approximate surface area is 206 Å². The van der Waals surface area contributed by atoms with E-state index in [2.05, 4.69) is 5.32 Å². The van der Waals surface area contributed by atoms with E-state index in [1.54, 1.807) is 10.6 Å². The predicted molar refractivity (Wildman–Crippen MR) is 137 cm³/mol. The first-order valence-corrected chi connectivity index (χ1v) is 11.6. The van der Waals surface area contributed by atoms with E-state index in [0.29, 0.717) is 11.6 Å². The van der Waals surface area contributed by atoms with Gasteiger partial charge < -0.3 is 14.6 Å². The first-order chi connectivity index (χ1) is 16.0. The molecule has 0 saturated heterocycles. The fraction of sp³-hybridized carbons (Fsp3) is 0.333. The largest absolute Gasteiger partial charge is 0.448 e. The summed E-state index contributed by atoms with van der Waals surface area (Å²) in [5.41, 5.74) is 3.57. The molecule has 6 nitrogen and oxygen atoms in total. The number of hydrogen-bond donors (Lipinski definition) is 1. The van der Waals surface area contributed by atoms with Crippen LogP contribution in [0.5, 0.6) is 0 Å². The lowest BCUT2D eigenvalue weighted by atomic mass is 10.0. The summed E-state index contributed by atoms with van der Waals surface area (Å²) in [7, 11) is 3.91. The average molecular weight is 482 g/mol. The van der Waals surface area contributed by atoms with Crippen molar-refractivity contribution in [2.24, 2.45) is 0 Å². The summed E-state index contributed by atoms with van der Waals surface area (Å²) < 4.78 is 7.16. The molecule has 1 N–H and O–H groups in total. The maximum Gasteiger partial charge on any atom is 0.407 e. The summed E-state index contributed by atoms with van der Waals surface area (Å²) in [5, 5.41) is 3.48. The third kappa shape index (κ3) is 7.20. The quantitative estimate of drug-likeness (QED) is 0.494. The molecule has 180 valence electrons. The van der Waals surface area contributed by atoms with E-state index in [1.807, 2.05) is 101 Å². The van der Waals surface area contributed by atoms with Crippen LogP contribution in [0.25, 0.3) is 11.1 Å². The Bertz CT molecular complexity index is 1160. The van der Waals surface area contributed by atoms with Crippen molar-refractivity contribution in [1.82, 2.24) is 14.8 Å². The van der Waals surface area contributed by atoms with Gasteiger partial charge in [-0.1, -0.05) is 48.0 Å². The van der Waals surface area contributed by atoms with Crippen LogP contribution in [0.2, 0.25) is 5.02 Å². The van der Waals surface area contributed by atoms with Crippen molar-refractivity contribution in [3.05, 3.63) is 93.4 Å². The molecular formula is C27H32ClN3O3. The molecule has 2 aromatic carbocycles. The van der Waals surface area contributed by atoms with Crippen LogP contribution in [0.3, 0.4) is 0 Å². The van der Waals surface area contributed by atoms with Crippen molar-refractivity contribution in [3.63, 3.8) is 0 Å². The van der Waals surface area contributed by atoms with E-state index in [1.165, 1.54) is 0 Å². The Morgan fingerprint density at radius 1 is 1.00 bits per heavy atom. The summed E-state index contributed by atoms with van der Waals surface area (Å²) in [6.07, 6.45) is 1.44. The van der Waals surface area contributed by atoms with Gasteiger partial charge in [-0.15, -0.1) is 0 Å². The zero-order valence-electron chi connectivity index (χ0n) is 20.3. The minimum Gasteiger partial charge on any atom is -0.448 e. The van der Waals surface area contributed by atoms with E-state index in [4.69, 9.17) is 16.3 Å². The number of aromatic nitrogens is 1. The molecule has 0 fully saturated rings. The molecule has 1 heterocycles. The monoisotopic (exact) mass is 481 g/mol. The second-order valence-corrected chi connectivity index (χ2v) is 10.0. The van der Waals surface area contributed by atoms with Crippen LogP contribution in [0.4, 0.5) is 4.79 Å². The van der Waals surface area contributed by atoms with Gasteiger partial charge in [0.05, 0.1) is 12.6 Å². The minimum atomic E-state index is -0.432. The normalized spacial score (nSPS) is 12.4. The number of carbonyl (C=O) groups is 1. The van der Waals surface area contributed by atoms with E-state index in [9.17, 15) is 9.59 Å². The topological polar surface area (TPSA) is 63.6 Å². The van der Waals surface area contributed by atoms with Gasteiger partial charge in [-0.25, -0.2) is 4.79 Å². The van der Waals surface area contributed by atoms with E-state index >= 15 is 0 Å². The molecule has 1 unspecified atom stereocenters. The number of ether oxygens (including phenoxy) is 1. The number of amides is 1. The highest BCUT2D eigenvalue weighted by Crippen LogP contribution is 2.24. The van der Waals surface area contributed by atoms with Crippen molar-refractivity contribution in [2.45, 2.75) is 38.9 Å². The number of carbonyl (C=O) groups excluding carboxylic acids is 1. The van der Waals surface area contributed by atoms with E-state index < -0.39 is 6.09 Å². The molecule has 3 rings (SSSR count). The van der Waals surface area contributed by atoms with Crippen LogP contribution < -0.4 is 10.9 Å². The van der Waals surface area contributed by atoms with Crippen LogP contribution in [0, 0.1) is 0 Å². The summed E-state index contributed by atoms with van der Waals surface area (Å²) in [6, 6.07) is 18.9. The summed E-state index contributed by atoms with van der Waals surface area (Å²) in [5.74, 6) is 0. The molecule has 0 aliphatic heterocycles. The summed E-state index contributed by atoms with van der Waals surface area (Å²) >= 11 is 5.97. The van der Waals surface area contributed by atoms with Gasteiger partial charge in [0.2, 0.25) is 0 Å². The molecule has 3 aromatic rings. The maximum atomic E-state index is 12.4. The van der Waals surface area contributed by atoms with Crippen LogP contribution in [-0.4, -0.2) is 41.8 Å². The Kier molecular flexibility index (Phi) is 8.18. The van der Waals surface area contributed by atoms with Crippen LogP contribution in [0.1, 0.15) is 37.9 Å².